The molecule has 0 spiro atoms. The number of hydrogen-bond donors (Lipinski definition) is 2. The number of carbonyl (C=O) groups is 3. The van der Waals surface area contributed by atoms with Gasteiger partial charge in [-0.2, -0.15) is 0 Å². The Kier molecular flexibility index (Phi) is 7.90. The first-order valence-electron chi connectivity index (χ1n) is 11.4. The number of pyridine rings is 1. The molecule has 0 unspecified atom stereocenters. The Balaban J connectivity index is 1.41. The number of nitrogens with one attached hydrogen (secondary N) is 2. The molecule has 1 atom stereocenters. The summed E-state index contributed by atoms with van der Waals surface area (Å²) in [5.74, 6) is -1.88. The van der Waals surface area contributed by atoms with Crippen LogP contribution in [0.4, 0.5) is 0 Å². The van der Waals surface area contributed by atoms with E-state index in [0.717, 1.165) is 11.1 Å². The minimum Gasteiger partial charge on any atom is -0.360 e. The number of halogens is 1. The summed E-state index contributed by atoms with van der Waals surface area (Å²) in [6.07, 6.45) is 2.89. The first-order chi connectivity index (χ1) is 16.9. The summed E-state index contributed by atoms with van der Waals surface area (Å²) >= 11 is 5.93. The maximum absolute atomic E-state index is 13.2. The first kappa shape index (κ1) is 24.6. The van der Waals surface area contributed by atoms with Gasteiger partial charge in [0.15, 0.2) is 0 Å². The van der Waals surface area contributed by atoms with Crippen LogP contribution in [0.15, 0.2) is 79.0 Å². The topological polar surface area (TPSA) is 97.4 Å². The molecule has 2 aromatic carbocycles. The smallest absolute Gasteiger partial charge is 0.289 e. The standard InChI is InChI=1S/C27H26ClN3O4/c28-21-11-9-20(10-12-21)18-35-27(13-14-27)26(34)31-23(16-19-6-2-1-3-7-19)24(32)25(33)30-17-22-8-4-5-15-29-22/h1-12,15,23H,13-14,16-18H2,(H,30,33)(H,31,34)/t23-/m1/s1. The van der Waals surface area contributed by atoms with Crippen LogP contribution in [-0.2, 0) is 38.7 Å². The predicted octanol–water partition coefficient (Wildman–Crippen LogP) is 3.40. The van der Waals surface area contributed by atoms with Crippen molar-refractivity contribution < 1.29 is 19.1 Å². The van der Waals surface area contributed by atoms with Gasteiger partial charge in [0.2, 0.25) is 5.78 Å². The average Bonchev–Trinajstić information content (AvgIpc) is 3.68. The zero-order valence-electron chi connectivity index (χ0n) is 19.1. The van der Waals surface area contributed by atoms with Gasteiger partial charge in [-0.25, -0.2) is 0 Å². The van der Waals surface area contributed by atoms with Crippen LogP contribution in [0.3, 0.4) is 0 Å². The van der Waals surface area contributed by atoms with Crippen molar-refractivity contribution in [1.29, 1.82) is 0 Å². The van der Waals surface area contributed by atoms with Gasteiger partial charge in [-0.05, 0) is 48.2 Å². The van der Waals surface area contributed by atoms with Crippen molar-refractivity contribution >= 4 is 29.2 Å². The molecule has 1 aliphatic rings. The number of carbonyl (C=O) groups excluding carboxylic acids is 3. The molecule has 180 valence electrons. The van der Waals surface area contributed by atoms with Crippen LogP contribution in [0.5, 0.6) is 0 Å². The van der Waals surface area contributed by atoms with Crippen LogP contribution in [0.25, 0.3) is 0 Å². The van der Waals surface area contributed by atoms with E-state index in [9.17, 15) is 14.4 Å². The van der Waals surface area contributed by atoms with Crippen LogP contribution in [0.2, 0.25) is 5.02 Å². The van der Waals surface area contributed by atoms with E-state index in [0.29, 0.717) is 23.6 Å². The van der Waals surface area contributed by atoms with E-state index in [1.165, 1.54) is 0 Å². The molecule has 1 saturated carbocycles. The monoisotopic (exact) mass is 491 g/mol. The van der Waals surface area contributed by atoms with Crippen molar-refractivity contribution in [3.8, 4) is 0 Å². The molecule has 1 aliphatic carbocycles. The van der Waals surface area contributed by atoms with Crippen LogP contribution in [0, 0.1) is 0 Å². The number of rotatable bonds is 11. The molecule has 1 aromatic heterocycles. The lowest BCUT2D eigenvalue weighted by molar-refractivity contribution is -0.143. The van der Waals surface area contributed by atoms with E-state index in [1.54, 1.807) is 36.5 Å². The number of nitrogens with zero attached hydrogens (tertiary/aromatic N) is 1. The molecular weight excluding hydrogens is 466 g/mol. The van der Waals surface area contributed by atoms with Crippen molar-refractivity contribution in [3.05, 3.63) is 101 Å². The second-order valence-corrected chi connectivity index (χ2v) is 8.93. The highest BCUT2D eigenvalue weighted by atomic mass is 35.5. The largest absolute Gasteiger partial charge is 0.360 e. The lowest BCUT2D eigenvalue weighted by Crippen LogP contribution is -2.52. The van der Waals surface area contributed by atoms with E-state index in [-0.39, 0.29) is 19.6 Å². The average molecular weight is 492 g/mol. The third-order valence-electron chi connectivity index (χ3n) is 5.83. The molecule has 0 radical (unpaired) electrons. The quantitative estimate of drug-likeness (QED) is 0.401. The number of benzene rings is 2. The fourth-order valence-corrected chi connectivity index (χ4v) is 3.75. The molecule has 0 saturated heterocycles. The molecule has 3 aromatic rings. The van der Waals surface area contributed by atoms with Crippen LogP contribution >= 0.6 is 11.6 Å². The van der Waals surface area contributed by atoms with E-state index >= 15 is 0 Å². The number of aromatic nitrogens is 1. The van der Waals surface area contributed by atoms with Crippen molar-refractivity contribution in [1.82, 2.24) is 15.6 Å². The molecule has 0 aliphatic heterocycles. The number of ether oxygens (including phenoxy) is 1. The van der Waals surface area contributed by atoms with Gasteiger partial charge in [-0.15, -0.1) is 0 Å². The summed E-state index contributed by atoms with van der Waals surface area (Å²) < 4.78 is 5.95. The lowest BCUT2D eigenvalue weighted by atomic mass is 10.0. The van der Waals surface area contributed by atoms with E-state index < -0.39 is 29.2 Å². The molecule has 2 amide bonds. The van der Waals surface area contributed by atoms with E-state index in [4.69, 9.17) is 16.3 Å². The predicted molar refractivity (Wildman–Crippen MR) is 131 cm³/mol. The zero-order valence-corrected chi connectivity index (χ0v) is 19.8. The van der Waals surface area contributed by atoms with Crippen molar-refractivity contribution in [2.24, 2.45) is 0 Å². The van der Waals surface area contributed by atoms with Crippen molar-refractivity contribution in [2.75, 3.05) is 0 Å². The third kappa shape index (κ3) is 6.74. The molecule has 1 fully saturated rings. The Morgan fingerprint density at radius 3 is 2.31 bits per heavy atom. The maximum atomic E-state index is 13.2. The Morgan fingerprint density at radius 2 is 1.66 bits per heavy atom. The summed E-state index contributed by atoms with van der Waals surface area (Å²) in [5, 5.41) is 6.00. The highest BCUT2D eigenvalue weighted by molar-refractivity contribution is 6.38. The molecular formula is C27H26ClN3O4. The third-order valence-corrected chi connectivity index (χ3v) is 6.08. The Labute approximate surface area is 208 Å². The summed E-state index contributed by atoms with van der Waals surface area (Å²) in [4.78, 5) is 43.0. The molecule has 4 rings (SSSR count). The molecule has 7 nitrogen and oxygen atoms in total. The minimum atomic E-state index is -1.02. The summed E-state index contributed by atoms with van der Waals surface area (Å²) in [7, 11) is 0. The number of Topliss-reactive ketones (excluding diaryl/α,β-unsaturated/α-hetero) is 1. The Morgan fingerprint density at radius 1 is 0.943 bits per heavy atom. The first-order valence-corrected chi connectivity index (χ1v) is 11.8. The molecule has 8 heteroatoms. The van der Waals surface area contributed by atoms with Crippen LogP contribution in [-0.4, -0.2) is 34.2 Å². The molecule has 35 heavy (non-hydrogen) atoms. The van der Waals surface area contributed by atoms with Gasteiger partial charge in [0.25, 0.3) is 11.8 Å². The number of hydrogen-bond acceptors (Lipinski definition) is 5. The molecule has 2 N–H and O–H groups in total. The van der Waals surface area contributed by atoms with Gasteiger partial charge in [-0.1, -0.05) is 60.1 Å². The molecule has 0 bridgehead atoms. The second-order valence-electron chi connectivity index (χ2n) is 8.49. The highest BCUT2D eigenvalue weighted by Crippen LogP contribution is 2.40. The van der Waals surface area contributed by atoms with Gasteiger partial charge in [0.05, 0.1) is 18.8 Å². The van der Waals surface area contributed by atoms with Crippen LogP contribution in [0.1, 0.15) is 29.7 Å². The summed E-state index contributed by atoms with van der Waals surface area (Å²) in [6.45, 7) is 0.359. The Bertz CT molecular complexity index is 1170. The minimum absolute atomic E-state index is 0.117. The summed E-state index contributed by atoms with van der Waals surface area (Å²) in [6, 6.07) is 20.7. The van der Waals surface area contributed by atoms with E-state index in [2.05, 4.69) is 15.6 Å². The van der Waals surface area contributed by atoms with E-state index in [1.807, 2.05) is 42.5 Å². The maximum Gasteiger partial charge on any atom is 0.289 e. The van der Waals surface area contributed by atoms with Crippen LogP contribution < -0.4 is 10.6 Å². The van der Waals surface area contributed by atoms with Gasteiger partial charge < -0.3 is 15.4 Å². The lowest BCUT2D eigenvalue weighted by Gasteiger charge is -2.22. The molecule has 1 heterocycles. The van der Waals surface area contributed by atoms with Gasteiger partial charge in [0.1, 0.15) is 11.6 Å². The van der Waals surface area contributed by atoms with Gasteiger partial charge >= 0.3 is 0 Å². The number of ketones is 1. The van der Waals surface area contributed by atoms with Crippen molar-refractivity contribution in [3.63, 3.8) is 0 Å². The highest BCUT2D eigenvalue weighted by Gasteiger charge is 2.52. The SMILES string of the molecule is O=C(NCc1ccccn1)C(=O)[C@@H](Cc1ccccc1)NC(=O)C1(OCc2ccc(Cl)cc2)CC1. The zero-order chi connectivity index (χ0) is 24.7. The van der Waals surface area contributed by atoms with Crippen molar-refractivity contribution in [2.45, 2.75) is 44.1 Å². The number of amides is 2. The normalized spacial score (nSPS) is 14.5. The van der Waals surface area contributed by atoms with Gasteiger partial charge in [-0.3, -0.25) is 19.4 Å². The Hall–Kier alpha value is -3.55. The fourth-order valence-electron chi connectivity index (χ4n) is 3.62. The fraction of sp³-hybridized carbons (Fsp3) is 0.259. The summed E-state index contributed by atoms with van der Waals surface area (Å²) in [5.41, 5.74) is 1.35. The van der Waals surface area contributed by atoms with Gasteiger partial charge in [0, 0.05) is 17.6 Å². The second kappa shape index (κ2) is 11.3.